The number of aromatic nitrogens is 2. The highest BCUT2D eigenvalue weighted by Crippen LogP contribution is 2.22. The Morgan fingerprint density at radius 3 is 2.61 bits per heavy atom. The molecule has 0 saturated carbocycles. The van der Waals surface area contributed by atoms with Crippen LogP contribution in [0.3, 0.4) is 0 Å². The molecule has 162 valence electrons. The maximum absolute atomic E-state index is 12.5. The quantitative estimate of drug-likeness (QED) is 0.508. The normalized spacial score (nSPS) is 11.7. The standard InChI is InChI=1S/C23H24ClN3O3S/c1-4-30-19-9-6-17(7-10-19)14-25-23(29)16(3)31-21-11-12-22(28)27(26-21)18-8-5-15(2)20(24)13-18/h5-13,16H,4,14H2,1-3H3,(H,25,29)/t16-/m0/s1. The van der Waals surface area contributed by atoms with Crippen LogP contribution in [0.4, 0.5) is 0 Å². The number of nitrogens with one attached hydrogen (secondary N) is 1. The Balaban J connectivity index is 1.64. The molecule has 1 heterocycles. The number of benzene rings is 2. The fraction of sp³-hybridized carbons (Fsp3) is 0.261. The molecule has 0 aliphatic carbocycles. The molecular weight excluding hydrogens is 434 g/mol. The van der Waals surface area contributed by atoms with Crippen molar-refractivity contribution in [3.63, 3.8) is 0 Å². The van der Waals surface area contributed by atoms with E-state index in [1.165, 1.54) is 22.5 Å². The van der Waals surface area contributed by atoms with Crippen molar-refractivity contribution in [1.82, 2.24) is 15.1 Å². The van der Waals surface area contributed by atoms with Gasteiger partial charge in [0, 0.05) is 17.6 Å². The second-order valence-corrected chi connectivity index (χ2v) is 8.68. The van der Waals surface area contributed by atoms with Crippen molar-refractivity contribution in [2.45, 2.75) is 37.6 Å². The van der Waals surface area contributed by atoms with Gasteiger partial charge >= 0.3 is 0 Å². The summed E-state index contributed by atoms with van der Waals surface area (Å²) in [6.45, 7) is 6.67. The van der Waals surface area contributed by atoms with E-state index in [1.54, 1.807) is 25.1 Å². The van der Waals surface area contributed by atoms with Gasteiger partial charge in [-0.3, -0.25) is 9.59 Å². The SMILES string of the molecule is CCOc1ccc(CNC(=O)[C@H](C)Sc2ccc(=O)n(-c3ccc(C)c(Cl)c3)n2)cc1. The average Bonchev–Trinajstić information content (AvgIpc) is 2.76. The molecule has 0 fully saturated rings. The van der Waals surface area contributed by atoms with Crippen LogP contribution in [0.1, 0.15) is 25.0 Å². The van der Waals surface area contributed by atoms with Gasteiger partial charge in [-0.05, 0) is 62.2 Å². The van der Waals surface area contributed by atoms with Gasteiger partial charge in [-0.15, -0.1) is 0 Å². The van der Waals surface area contributed by atoms with E-state index in [-0.39, 0.29) is 16.7 Å². The monoisotopic (exact) mass is 457 g/mol. The van der Waals surface area contributed by atoms with Crippen LogP contribution in [0, 0.1) is 6.92 Å². The zero-order chi connectivity index (χ0) is 22.4. The summed E-state index contributed by atoms with van der Waals surface area (Å²) in [4.78, 5) is 24.8. The van der Waals surface area contributed by atoms with Gasteiger partial charge in [0.1, 0.15) is 10.8 Å². The fourth-order valence-corrected chi connectivity index (χ4v) is 3.80. The number of rotatable bonds is 8. The predicted octanol–water partition coefficient (Wildman–Crippen LogP) is 4.39. The van der Waals surface area contributed by atoms with E-state index in [9.17, 15) is 9.59 Å². The minimum Gasteiger partial charge on any atom is -0.494 e. The molecular formula is C23H24ClN3O3S. The summed E-state index contributed by atoms with van der Waals surface area (Å²) < 4.78 is 6.71. The Morgan fingerprint density at radius 2 is 1.94 bits per heavy atom. The van der Waals surface area contributed by atoms with Gasteiger partial charge in [0.25, 0.3) is 5.56 Å². The highest BCUT2D eigenvalue weighted by atomic mass is 35.5. The lowest BCUT2D eigenvalue weighted by molar-refractivity contribution is -0.120. The summed E-state index contributed by atoms with van der Waals surface area (Å²) in [7, 11) is 0. The minimum atomic E-state index is -0.386. The Labute approximate surface area is 190 Å². The molecule has 1 N–H and O–H groups in total. The molecule has 2 aromatic carbocycles. The first-order chi connectivity index (χ1) is 14.9. The van der Waals surface area contributed by atoms with Gasteiger partial charge in [-0.2, -0.15) is 9.78 Å². The molecule has 0 radical (unpaired) electrons. The number of halogens is 1. The first-order valence-electron chi connectivity index (χ1n) is 9.90. The molecule has 0 bridgehead atoms. The number of nitrogens with zero attached hydrogens (tertiary/aromatic N) is 2. The molecule has 6 nitrogen and oxygen atoms in total. The van der Waals surface area contributed by atoms with E-state index >= 15 is 0 Å². The zero-order valence-electron chi connectivity index (χ0n) is 17.6. The number of carbonyl (C=O) groups is 1. The van der Waals surface area contributed by atoms with Crippen molar-refractivity contribution in [2.24, 2.45) is 0 Å². The van der Waals surface area contributed by atoms with E-state index in [2.05, 4.69) is 10.4 Å². The van der Waals surface area contributed by atoms with E-state index in [1.807, 2.05) is 44.2 Å². The molecule has 0 saturated heterocycles. The topological polar surface area (TPSA) is 73.2 Å². The smallest absolute Gasteiger partial charge is 0.271 e. The lowest BCUT2D eigenvalue weighted by Crippen LogP contribution is -2.30. The van der Waals surface area contributed by atoms with E-state index in [4.69, 9.17) is 16.3 Å². The number of ether oxygens (including phenoxy) is 1. The summed E-state index contributed by atoms with van der Waals surface area (Å²) in [5.74, 6) is 0.689. The maximum atomic E-state index is 12.5. The third kappa shape index (κ3) is 6.12. The van der Waals surface area contributed by atoms with E-state index < -0.39 is 0 Å². The Morgan fingerprint density at radius 1 is 1.19 bits per heavy atom. The van der Waals surface area contributed by atoms with Crippen LogP contribution in [0.5, 0.6) is 5.75 Å². The molecule has 0 aliphatic heterocycles. The Kier molecular flexibility index (Phi) is 7.76. The van der Waals surface area contributed by atoms with E-state index in [0.717, 1.165) is 16.9 Å². The molecule has 0 aliphatic rings. The van der Waals surface area contributed by atoms with E-state index in [0.29, 0.717) is 28.9 Å². The van der Waals surface area contributed by atoms with Crippen molar-refractivity contribution in [1.29, 1.82) is 0 Å². The van der Waals surface area contributed by atoms with Crippen LogP contribution in [0.25, 0.3) is 5.69 Å². The van der Waals surface area contributed by atoms with Gasteiger partial charge in [0.15, 0.2) is 0 Å². The molecule has 3 aromatic rings. The molecule has 1 atom stereocenters. The second kappa shape index (κ2) is 10.5. The van der Waals surface area contributed by atoms with Crippen LogP contribution in [0.15, 0.2) is 64.4 Å². The predicted molar refractivity (Wildman–Crippen MR) is 124 cm³/mol. The minimum absolute atomic E-state index is 0.114. The molecule has 1 amide bonds. The first kappa shape index (κ1) is 22.9. The van der Waals surface area contributed by atoms with Crippen LogP contribution in [0.2, 0.25) is 5.02 Å². The van der Waals surface area contributed by atoms with Crippen LogP contribution >= 0.6 is 23.4 Å². The third-order valence-corrected chi connectivity index (χ3v) is 5.98. The van der Waals surface area contributed by atoms with Gasteiger partial charge in [0.05, 0.1) is 17.5 Å². The summed E-state index contributed by atoms with van der Waals surface area (Å²) in [5.41, 5.74) is 2.21. The van der Waals surface area contributed by atoms with Crippen molar-refractivity contribution >= 4 is 29.3 Å². The van der Waals surface area contributed by atoms with Gasteiger partial charge in [-0.25, -0.2) is 0 Å². The van der Waals surface area contributed by atoms with Crippen molar-refractivity contribution < 1.29 is 9.53 Å². The van der Waals surface area contributed by atoms with Crippen LogP contribution in [-0.4, -0.2) is 27.5 Å². The Hall–Kier alpha value is -2.77. The molecule has 0 unspecified atom stereocenters. The molecule has 0 spiro atoms. The molecule has 31 heavy (non-hydrogen) atoms. The summed E-state index contributed by atoms with van der Waals surface area (Å²) in [6, 6.07) is 16.0. The maximum Gasteiger partial charge on any atom is 0.271 e. The molecule has 1 aromatic heterocycles. The van der Waals surface area contributed by atoms with Gasteiger partial charge in [0.2, 0.25) is 5.91 Å². The highest BCUT2D eigenvalue weighted by molar-refractivity contribution is 8.00. The average molecular weight is 458 g/mol. The van der Waals surface area contributed by atoms with Crippen LogP contribution < -0.4 is 15.6 Å². The number of thioether (sulfide) groups is 1. The first-order valence-corrected chi connectivity index (χ1v) is 11.2. The van der Waals surface area contributed by atoms with Crippen LogP contribution in [-0.2, 0) is 11.3 Å². The van der Waals surface area contributed by atoms with Gasteiger partial charge in [-0.1, -0.05) is 41.6 Å². The number of hydrogen-bond acceptors (Lipinski definition) is 5. The summed E-state index contributed by atoms with van der Waals surface area (Å²) in [5, 5.41) is 8.07. The number of carbonyl (C=O) groups excluding carboxylic acids is 1. The molecule has 8 heteroatoms. The largest absolute Gasteiger partial charge is 0.494 e. The lowest BCUT2D eigenvalue weighted by Gasteiger charge is -2.13. The van der Waals surface area contributed by atoms with Gasteiger partial charge < -0.3 is 10.1 Å². The number of amides is 1. The second-order valence-electron chi connectivity index (χ2n) is 6.91. The summed E-state index contributed by atoms with van der Waals surface area (Å²) >= 11 is 7.47. The zero-order valence-corrected chi connectivity index (χ0v) is 19.2. The third-order valence-electron chi connectivity index (χ3n) is 4.54. The molecule has 3 rings (SSSR count). The highest BCUT2D eigenvalue weighted by Gasteiger charge is 2.16. The van der Waals surface area contributed by atoms with Crippen molar-refractivity contribution in [2.75, 3.05) is 6.61 Å². The lowest BCUT2D eigenvalue weighted by atomic mass is 10.2. The number of aryl methyl sites for hydroxylation is 1. The Bertz CT molecular complexity index is 1120. The summed E-state index contributed by atoms with van der Waals surface area (Å²) in [6.07, 6.45) is 0. The van der Waals surface area contributed by atoms with Crippen molar-refractivity contribution in [3.05, 3.63) is 81.1 Å². The van der Waals surface area contributed by atoms with Crippen molar-refractivity contribution in [3.8, 4) is 11.4 Å². The number of hydrogen-bond donors (Lipinski definition) is 1. The fourth-order valence-electron chi connectivity index (χ4n) is 2.79.